The zero-order valence-electron chi connectivity index (χ0n) is 72.8. The average molecular weight is 1730 g/mol. The minimum Gasteiger partial charge on any atom is -0.481 e. The fourth-order valence-electron chi connectivity index (χ4n) is 11.7. The van der Waals surface area contributed by atoms with Crippen molar-refractivity contribution in [3.05, 3.63) is 0 Å². The van der Waals surface area contributed by atoms with Crippen LogP contribution in [0.5, 0.6) is 0 Å². The van der Waals surface area contributed by atoms with Gasteiger partial charge in [-0.3, -0.25) is 47.9 Å². The van der Waals surface area contributed by atoms with Crippen LogP contribution < -0.4 is 10.6 Å². The highest BCUT2D eigenvalue weighted by atomic mass is 16.6. The lowest BCUT2D eigenvalue weighted by molar-refractivity contribution is -0.144. The van der Waals surface area contributed by atoms with Crippen LogP contribution in [0.2, 0.25) is 0 Å². The number of carbonyl (C=O) groups excluding carboxylic acids is 4. The molecule has 0 aliphatic rings. The summed E-state index contributed by atoms with van der Waals surface area (Å²) in [5.74, 6) is -7.68. The van der Waals surface area contributed by atoms with Gasteiger partial charge in [-0.25, -0.2) is 0 Å². The summed E-state index contributed by atoms with van der Waals surface area (Å²) in [4.78, 5) is 114. The highest BCUT2D eigenvalue weighted by molar-refractivity contribution is 5.85. The molecule has 120 heavy (non-hydrogen) atoms. The number of rotatable bonds is 100. The molecule has 0 aromatic rings. The number of nitrogens with one attached hydrogen (secondary N) is 2. The highest BCUT2D eigenvalue weighted by Gasteiger charge is 2.24. The van der Waals surface area contributed by atoms with Gasteiger partial charge in [0, 0.05) is 64.5 Å². The molecule has 34 nitrogen and oxygen atoms in total. The van der Waals surface area contributed by atoms with E-state index in [-0.39, 0.29) is 101 Å². The molecule has 704 valence electrons. The Morgan fingerprint density at radius 2 is 0.342 bits per heavy atom. The maximum atomic E-state index is 12.5. The third-order valence-electron chi connectivity index (χ3n) is 18.5. The lowest BCUT2D eigenvalue weighted by Crippen LogP contribution is -2.29. The number of hydrogen-bond acceptors (Lipinski definition) is 26. The Kier molecular flexibility index (Phi) is 92.9. The van der Waals surface area contributed by atoms with Crippen molar-refractivity contribution in [2.75, 3.05) is 225 Å². The molecular weight excluding hydrogens is 1570 g/mol. The minimum atomic E-state index is -1.05. The van der Waals surface area contributed by atoms with Gasteiger partial charge < -0.3 is 117 Å². The Bertz CT molecular complexity index is 2380. The summed E-state index contributed by atoms with van der Waals surface area (Å²) >= 11 is 0. The molecule has 0 heterocycles. The monoisotopic (exact) mass is 1730 g/mol. The molecule has 0 aliphatic carbocycles. The smallest absolute Gasteiger partial charge is 0.306 e. The molecule has 2 amide bonds. The lowest BCUT2D eigenvalue weighted by atomic mass is 9.94. The molecular formula is C86H158N2O32. The Morgan fingerprint density at radius 1 is 0.183 bits per heavy atom. The van der Waals surface area contributed by atoms with E-state index in [4.69, 9.17) is 96.2 Å². The van der Waals surface area contributed by atoms with Crippen LogP contribution in [0.1, 0.15) is 257 Å². The molecule has 0 fully saturated rings. The zero-order valence-corrected chi connectivity index (χ0v) is 72.8. The third kappa shape index (κ3) is 99.6. The molecule has 0 saturated heterocycles. The SMILES string of the molecule is O=C(O)CCCCCCCCCCCCCCC(=O)C[C@@H](CCC(=O)NCCOCCOCCOCCOCCOCCOCCOCCOCCC(=O)O)C(=O)O.O=C(O)CCCCCCCCCCCCCCCCCCC(=O)C[C@@H](CCC(=O)NCCOCCOCCOCCOCCOCCOCCOCCOCCC(=O)O)C(=O)O. The predicted octanol–water partition coefficient (Wildman–Crippen LogP) is 11.0. The van der Waals surface area contributed by atoms with E-state index < -0.39 is 47.7 Å². The van der Waals surface area contributed by atoms with Crippen molar-refractivity contribution in [3.8, 4) is 0 Å². The van der Waals surface area contributed by atoms with E-state index in [1.807, 2.05) is 0 Å². The first-order valence-corrected chi connectivity index (χ1v) is 44.6. The summed E-state index contributed by atoms with van der Waals surface area (Å²) in [5, 5.41) is 58.9. The number of carbonyl (C=O) groups is 10. The Labute approximate surface area is 714 Å². The van der Waals surface area contributed by atoms with Crippen LogP contribution >= 0.6 is 0 Å². The van der Waals surface area contributed by atoms with Gasteiger partial charge in [0.05, 0.1) is 236 Å². The second-order valence-corrected chi connectivity index (χ2v) is 29.1. The largest absolute Gasteiger partial charge is 0.481 e. The third-order valence-corrected chi connectivity index (χ3v) is 18.5. The Balaban J connectivity index is 0. The van der Waals surface area contributed by atoms with Crippen LogP contribution in [0.15, 0.2) is 0 Å². The molecule has 0 aromatic carbocycles. The molecule has 0 radical (unpaired) electrons. The summed E-state index contributed by atoms with van der Waals surface area (Å²) in [6, 6.07) is 0. The van der Waals surface area contributed by atoms with Crippen molar-refractivity contribution in [1.29, 1.82) is 0 Å². The molecule has 34 heteroatoms. The quantitative estimate of drug-likeness (QED) is 0.0262. The van der Waals surface area contributed by atoms with Crippen LogP contribution in [-0.2, 0) is 124 Å². The molecule has 0 aromatic heterocycles. The first kappa shape index (κ1) is 117. The summed E-state index contributed by atoms with van der Waals surface area (Å²) in [5.41, 5.74) is 0. The van der Waals surface area contributed by atoms with Gasteiger partial charge >= 0.3 is 35.8 Å². The number of unbranched alkanes of at least 4 members (excludes halogenated alkanes) is 26. The van der Waals surface area contributed by atoms with E-state index in [1.165, 1.54) is 83.5 Å². The molecule has 0 bridgehead atoms. The average Bonchev–Trinajstić information content (AvgIpc) is 0.935. The van der Waals surface area contributed by atoms with E-state index in [0.717, 1.165) is 96.3 Å². The van der Waals surface area contributed by atoms with Crippen LogP contribution in [-0.4, -0.2) is 314 Å². The first-order chi connectivity index (χ1) is 58.4. The van der Waals surface area contributed by atoms with E-state index in [2.05, 4.69) is 10.6 Å². The van der Waals surface area contributed by atoms with E-state index in [0.29, 0.717) is 224 Å². The topological polar surface area (TPSA) is 464 Å². The number of aliphatic carboxylic acids is 6. The van der Waals surface area contributed by atoms with Crippen molar-refractivity contribution in [1.82, 2.24) is 10.6 Å². The van der Waals surface area contributed by atoms with Crippen molar-refractivity contribution in [3.63, 3.8) is 0 Å². The van der Waals surface area contributed by atoms with Crippen molar-refractivity contribution in [2.45, 2.75) is 257 Å². The second-order valence-electron chi connectivity index (χ2n) is 29.1. The van der Waals surface area contributed by atoms with Gasteiger partial charge in [0.1, 0.15) is 11.6 Å². The number of amides is 2. The first-order valence-electron chi connectivity index (χ1n) is 44.6. The standard InChI is InChI=1S/C45H83NO16.C41H75NO16/c47-41(17-15-13-11-9-7-5-3-1-2-4-6-8-10-12-14-16-18-43(49)50)39-40(45(53)54)19-20-42(48)46-22-24-56-26-28-58-30-32-60-34-36-62-38-37-61-35-33-59-31-29-57-27-25-55-23-21-44(51)52;43-37(13-11-9-7-5-3-1-2-4-6-8-10-12-14-39(45)46)35-36(41(49)50)15-16-38(44)42-18-20-52-22-24-54-26-28-56-30-32-58-34-33-57-31-29-55-27-25-53-23-21-51-19-17-40(47)48/h40H,1-39H2,(H,46,48)(H,49,50)(H,51,52)(H,53,54);36H,1-35H2,(H,42,44)(H,45,46)(H,47,48)(H,49,50)/t40-;36-/m11/s1. The van der Waals surface area contributed by atoms with Gasteiger partial charge in [-0.1, -0.05) is 154 Å². The van der Waals surface area contributed by atoms with Crippen molar-refractivity contribution < 1.29 is 154 Å². The molecule has 0 saturated carbocycles. The summed E-state index contributed by atoms with van der Waals surface area (Å²) in [6.45, 7) is 13.1. The molecule has 0 unspecified atom stereocenters. The number of hydrogen-bond donors (Lipinski definition) is 8. The van der Waals surface area contributed by atoms with Crippen LogP contribution in [0, 0.1) is 11.8 Å². The molecule has 2 atom stereocenters. The number of carboxylic acid groups (broad SMARTS) is 6. The van der Waals surface area contributed by atoms with Crippen molar-refractivity contribution in [2.24, 2.45) is 11.8 Å². The maximum Gasteiger partial charge on any atom is 0.306 e. The van der Waals surface area contributed by atoms with Gasteiger partial charge in [-0.15, -0.1) is 0 Å². The predicted molar refractivity (Wildman–Crippen MR) is 447 cm³/mol. The van der Waals surface area contributed by atoms with Crippen LogP contribution in [0.4, 0.5) is 0 Å². The molecule has 0 spiro atoms. The Morgan fingerprint density at radius 3 is 0.517 bits per heavy atom. The maximum absolute atomic E-state index is 12.5. The fourth-order valence-corrected chi connectivity index (χ4v) is 11.7. The second kappa shape index (κ2) is 95.7. The number of ether oxygens (including phenoxy) is 16. The normalized spacial score (nSPS) is 11.8. The van der Waals surface area contributed by atoms with E-state index in [1.54, 1.807) is 0 Å². The van der Waals surface area contributed by atoms with E-state index in [9.17, 15) is 58.2 Å². The van der Waals surface area contributed by atoms with Crippen LogP contribution in [0.3, 0.4) is 0 Å². The fraction of sp³-hybridized carbons (Fsp3) is 0.884. The van der Waals surface area contributed by atoms with Gasteiger partial charge in [0.2, 0.25) is 11.8 Å². The highest BCUT2D eigenvalue weighted by Crippen LogP contribution is 2.20. The Hall–Kier alpha value is -5.54. The van der Waals surface area contributed by atoms with Gasteiger partial charge in [-0.2, -0.15) is 0 Å². The summed E-state index contributed by atoms with van der Waals surface area (Å²) in [6.07, 6.45) is 32.4. The number of Topliss-reactive ketones (excluding diaryl/α,β-unsaturated/α-hetero) is 2. The van der Waals surface area contributed by atoms with Gasteiger partial charge in [0.25, 0.3) is 0 Å². The molecule has 0 aliphatic heterocycles. The summed E-state index contributed by atoms with van der Waals surface area (Å²) in [7, 11) is 0. The zero-order chi connectivity index (χ0) is 88.0. The lowest BCUT2D eigenvalue weighted by Gasteiger charge is -2.12. The number of carboxylic acids is 6. The van der Waals surface area contributed by atoms with Gasteiger partial charge in [-0.05, 0) is 38.5 Å². The van der Waals surface area contributed by atoms with Gasteiger partial charge in [0.15, 0.2) is 0 Å². The molecule has 8 N–H and O–H groups in total. The molecule has 0 rings (SSSR count). The number of ketones is 2. The van der Waals surface area contributed by atoms with Crippen LogP contribution in [0.25, 0.3) is 0 Å². The minimum absolute atomic E-state index is 0.0180. The van der Waals surface area contributed by atoms with Crippen molar-refractivity contribution >= 4 is 59.2 Å². The van der Waals surface area contributed by atoms with E-state index >= 15 is 0 Å². The summed E-state index contributed by atoms with van der Waals surface area (Å²) < 4.78 is 86.2.